The van der Waals surface area contributed by atoms with E-state index in [1.807, 2.05) is 0 Å². The number of hydrogen-bond acceptors (Lipinski definition) is 1. The second kappa shape index (κ2) is 3.67. The smallest absolute Gasteiger partial charge is 0.0177 e. The average Bonchev–Trinajstić information content (AvgIpc) is 2.85. The molecule has 0 spiro atoms. The van der Waals surface area contributed by atoms with Gasteiger partial charge in [0.25, 0.3) is 0 Å². The van der Waals surface area contributed by atoms with E-state index >= 15 is 0 Å². The van der Waals surface area contributed by atoms with E-state index in [-0.39, 0.29) is 0 Å². The Hall–Kier alpha value is -0.340. The van der Waals surface area contributed by atoms with Crippen molar-refractivity contribution in [3.8, 4) is 0 Å². The molecule has 1 nitrogen and oxygen atoms in total. The molecule has 2 N–H and O–H groups in total. The van der Waals surface area contributed by atoms with Crippen molar-refractivity contribution in [2.75, 3.05) is 0 Å². The Bertz CT molecular complexity index is 329. The van der Waals surface area contributed by atoms with Gasteiger partial charge in [-0.25, -0.2) is 0 Å². The molecule has 1 fully saturated rings. The summed E-state index contributed by atoms with van der Waals surface area (Å²) >= 11 is 3.50. The summed E-state index contributed by atoms with van der Waals surface area (Å²) in [5, 5.41) is 0. The van der Waals surface area contributed by atoms with Crippen LogP contribution >= 0.6 is 15.9 Å². The maximum absolute atomic E-state index is 6.01. The van der Waals surface area contributed by atoms with E-state index < -0.39 is 0 Å². The molecule has 2 rings (SSSR count). The van der Waals surface area contributed by atoms with Crippen molar-refractivity contribution in [1.82, 2.24) is 0 Å². The van der Waals surface area contributed by atoms with Crippen LogP contribution in [-0.2, 0) is 6.42 Å². The van der Waals surface area contributed by atoms with Crippen LogP contribution in [0, 0.1) is 5.41 Å². The third kappa shape index (κ3) is 2.01. The molecule has 0 saturated heterocycles. The van der Waals surface area contributed by atoms with Crippen LogP contribution in [0.4, 0.5) is 0 Å². The van der Waals surface area contributed by atoms with Crippen molar-refractivity contribution in [3.05, 3.63) is 34.3 Å². The highest BCUT2D eigenvalue weighted by atomic mass is 79.9. The third-order valence-corrected chi connectivity index (χ3v) is 3.80. The molecule has 14 heavy (non-hydrogen) atoms. The first-order chi connectivity index (χ1) is 6.62. The Kier molecular flexibility index (Phi) is 2.67. The molecule has 76 valence electrons. The molecule has 2 heteroatoms. The lowest BCUT2D eigenvalue weighted by Gasteiger charge is -2.19. The highest BCUT2D eigenvalue weighted by Crippen LogP contribution is 2.50. The second-order valence-corrected chi connectivity index (χ2v) is 5.37. The highest BCUT2D eigenvalue weighted by molar-refractivity contribution is 9.10. The van der Waals surface area contributed by atoms with Crippen LogP contribution in [0.15, 0.2) is 28.7 Å². The Labute approximate surface area is 93.8 Å². The van der Waals surface area contributed by atoms with E-state index in [1.165, 1.54) is 18.4 Å². The van der Waals surface area contributed by atoms with Crippen molar-refractivity contribution in [2.24, 2.45) is 11.1 Å². The molecule has 0 radical (unpaired) electrons. The van der Waals surface area contributed by atoms with Crippen molar-refractivity contribution in [1.29, 1.82) is 0 Å². The van der Waals surface area contributed by atoms with E-state index in [0.717, 1.165) is 10.9 Å². The van der Waals surface area contributed by atoms with Crippen LogP contribution in [0.1, 0.15) is 25.3 Å². The van der Waals surface area contributed by atoms with Crippen LogP contribution < -0.4 is 5.73 Å². The van der Waals surface area contributed by atoms with Gasteiger partial charge in [-0.2, -0.15) is 0 Å². The maximum Gasteiger partial charge on any atom is 0.0177 e. The fourth-order valence-corrected chi connectivity index (χ4v) is 2.45. The van der Waals surface area contributed by atoms with Gasteiger partial charge in [0.15, 0.2) is 0 Å². The first-order valence-electron chi connectivity index (χ1n) is 5.12. The first-order valence-corrected chi connectivity index (χ1v) is 5.92. The Balaban J connectivity index is 2.11. The van der Waals surface area contributed by atoms with Gasteiger partial charge in [0.05, 0.1) is 0 Å². The average molecular weight is 254 g/mol. The zero-order valence-electron chi connectivity index (χ0n) is 8.46. The molecule has 1 aromatic carbocycles. The number of hydrogen-bond donors (Lipinski definition) is 1. The standard InChI is InChI=1S/C12H16BrN/c1-9(14)12(5-6-12)8-10-3-2-4-11(13)7-10/h2-4,7,9H,5-6,8,14H2,1H3. The van der Waals surface area contributed by atoms with Gasteiger partial charge in [-0.3, -0.25) is 0 Å². The van der Waals surface area contributed by atoms with Gasteiger partial charge < -0.3 is 5.73 Å². The van der Waals surface area contributed by atoms with Crippen LogP contribution in [0.5, 0.6) is 0 Å². The number of rotatable bonds is 3. The van der Waals surface area contributed by atoms with Crippen LogP contribution in [0.3, 0.4) is 0 Å². The van der Waals surface area contributed by atoms with E-state index in [0.29, 0.717) is 11.5 Å². The summed E-state index contributed by atoms with van der Waals surface area (Å²) in [4.78, 5) is 0. The van der Waals surface area contributed by atoms with Crippen LogP contribution in [0.2, 0.25) is 0 Å². The highest BCUT2D eigenvalue weighted by Gasteiger charge is 2.45. The summed E-state index contributed by atoms with van der Waals surface area (Å²) in [7, 11) is 0. The van der Waals surface area contributed by atoms with E-state index in [4.69, 9.17) is 5.73 Å². The van der Waals surface area contributed by atoms with E-state index in [2.05, 4.69) is 47.1 Å². The predicted molar refractivity (Wildman–Crippen MR) is 63.2 cm³/mol. The molecule has 1 atom stereocenters. The van der Waals surface area contributed by atoms with Gasteiger partial charge in [0.2, 0.25) is 0 Å². The molecule has 0 heterocycles. The summed E-state index contributed by atoms with van der Waals surface area (Å²) in [6.45, 7) is 2.13. The molecule has 1 aliphatic carbocycles. The fraction of sp³-hybridized carbons (Fsp3) is 0.500. The summed E-state index contributed by atoms with van der Waals surface area (Å²) in [6, 6.07) is 8.86. The monoisotopic (exact) mass is 253 g/mol. The maximum atomic E-state index is 6.01. The lowest BCUT2D eigenvalue weighted by molar-refractivity contribution is 0.418. The topological polar surface area (TPSA) is 26.0 Å². The van der Waals surface area contributed by atoms with Crippen molar-refractivity contribution >= 4 is 15.9 Å². The Morgan fingerprint density at radius 3 is 2.71 bits per heavy atom. The number of benzene rings is 1. The zero-order chi connectivity index (χ0) is 10.2. The second-order valence-electron chi connectivity index (χ2n) is 4.46. The molecule has 0 aromatic heterocycles. The molecule has 1 unspecified atom stereocenters. The van der Waals surface area contributed by atoms with Gasteiger partial charge in [-0.15, -0.1) is 0 Å². The van der Waals surface area contributed by atoms with Crippen molar-refractivity contribution in [2.45, 2.75) is 32.2 Å². The largest absolute Gasteiger partial charge is 0.327 e. The molecular formula is C12H16BrN. The number of nitrogens with two attached hydrogens (primary N) is 1. The lowest BCUT2D eigenvalue weighted by Crippen LogP contribution is -2.29. The van der Waals surface area contributed by atoms with Gasteiger partial charge >= 0.3 is 0 Å². The molecule has 1 saturated carbocycles. The predicted octanol–water partition coefficient (Wildman–Crippen LogP) is 3.12. The summed E-state index contributed by atoms with van der Waals surface area (Å²) < 4.78 is 1.16. The lowest BCUT2D eigenvalue weighted by atomic mass is 9.90. The third-order valence-electron chi connectivity index (χ3n) is 3.30. The quantitative estimate of drug-likeness (QED) is 0.881. The molecular weight excluding hydrogens is 238 g/mol. The number of halogens is 1. The van der Waals surface area contributed by atoms with Crippen LogP contribution in [-0.4, -0.2) is 6.04 Å². The fourth-order valence-electron chi connectivity index (χ4n) is 2.01. The zero-order valence-corrected chi connectivity index (χ0v) is 10.0. The van der Waals surface area contributed by atoms with Gasteiger partial charge in [0.1, 0.15) is 0 Å². The molecule has 1 aliphatic rings. The first kappa shape index (κ1) is 10.2. The van der Waals surface area contributed by atoms with Gasteiger partial charge in [0, 0.05) is 10.5 Å². The van der Waals surface area contributed by atoms with Crippen LogP contribution in [0.25, 0.3) is 0 Å². The minimum absolute atomic E-state index is 0.321. The van der Waals surface area contributed by atoms with Crippen molar-refractivity contribution in [3.63, 3.8) is 0 Å². The summed E-state index contributed by atoms with van der Waals surface area (Å²) in [5.41, 5.74) is 7.81. The molecule has 0 aliphatic heterocycles. The summed E-state index contributed by atoms with van der Waals surface area (Å²) in [6.07, 6.45) is 3.71. The van der Waals surface area contributed by atoms with Gasteiger partial charge in [-0.1, -0.05) is 28.1 Å². The SMILES string of the molecule is CC(N)C1(Cc2cccc(Br)c2)CC1. The Morgan fingerprint density at radius 1 is 1.50 bits per heavy atom. The van der Waals surface area contributed by atoms with Gasteiger partial charge in [-0.05, 0) is 49.3 Å². The van der Waals surface area contributed by atoms with E-state index in [9.17, 15) is 0 Å². The normalized spacial score (nSPS) is 20.5. The van der Waals surface area contributed by atoms with E-state index in [1.54, 1.807) is 0 Å². The molecule has 0 amide bonds. The minimum atomic E-state index is 0.321. The van der Waals surface area contributed by atoms with Crippen molar-refractivity contribution < 1.29 is 0 Å². The Morgan fingerprint density at radius 2 is 2.21 bits per heavy atom. The minimum Gasteiger partial charge on any atom is -0.327 e. The molecule has 0 bridgehead atoms. The molecule has 1 aromatic rings. The summed E-state index contributed by atoms with van der Waals surface area (Å²) in [5.74, 6) is 0.